The molecule has 4 aliphatic rings. The molecule has 0 radical (unpaired) electrons. The fraction of sp³-hybridized carbons (Fsp3) is 0.852. The van der Waals surface area contributed by atoms with Crippen LogP contribution in [0.25, 0.3) is 0 Å². The molecule has 10 unspecified atom stereocenters. The van der Waals surface area contributed by atoms with E-state index >= 15 is 0 Å². The summed E-state index contributed by atoms with van der Waals surface area (Å²) in [7, 11) is -9.26. The zero-order valence-corrected chi connectivity index (χ0v) is 24.7. The third-order valence-electron chi connectivity index (χ3n) is 10.8. The number of aliphatic hydroxyl groups is 2. The highest BCUT2D eigenvalue weighted by Crippen LogP contribution is 2.67. The number of allylic oxidation sites excluding steroid dienone is 1. The Morgan fingerprint density at radius 2 is 1.74 bits per heavy atom. The van der Waals surface area contributed by atoms with Gasteiger partial charge < -0.3 is 10.2 Å². The van der Waals surface area contributed by atoms with Crippen molar-refractivity contribution >= 4 is 20.8 Å². The maximum Gasteiger partial charge on any atom is 0.397 e. The van der Waals surface area contributed by atoms with Gasteiger partial charge >= 0.3 is 20.8 Å². The molecular formula is C27H44O10S2. The minimum absolute atomic E-state index is 0.0752. The lowest BCUT2D eigenvalue weighted by molar-refractivity contribution is -0.0791. The van der Waals surface area contributed by atoms with Crippen molar-refractivity contribution in [2.24, 2.45) is 40.4 Å². The molecule has 12 heteroatoms. The van der Waals surface area contributed by atoms with Crippen molar-refractivity contribution in [2.45, 2.75) is 96.9 Å². The lowest BCUT2D eigenvalue weighted by atomic mass is 9.46. The van der Waals surface area contributed by atoms with Crippen LogP contribution in [0.1, 0.15) is 78.6 Å². The van der Waals surface area contributed by atoms with Gasteiger partial charge in [0, 0.05) is 0 Å². The van der Waals surface area contributed by atoms with E-state index < -0.39 is 39.1 Å². The number of hydrogen-bond donors (Lipinski definition) is 4. The van der Waals surface area contributed by atoms with E-state index in [0.29, 0.717) is 49.0 Å². The van der Waals surface area contributed by atoms with Crippen molar-refractivity contribution < 1.29 is 44.5 Å². The van der Waals surface area contributed by atoms with Crippen molar-refractivity contribution in [2.75, 3.05) is 6.61 Å². The Balaban J connectivity index is 1.56. The zero-order valence-electron chi connectivity index (χ0n) is 23.0. The molecule has 10 atom stereocenters. The Morgan fingerprint density at radius 1 is 1.05 bits per heavy atom. The quantitative estimate of drug-likeness (QED) is 0.216. The van der Waals surface area contributed by atoms with Gasteiger partial charge in [0.25, 0.3) is 0 Å². The van der Waals surface area contributed by atoms with Gasteiger partial charge in [-0.05, 0) is 111 Å². The Kier molecular flexibility index (Phi) is 8.84. The monoisotopic (exact) mass is 592 g/mol. The van der Waals surface area contributed by atoms with Crippen LogP contribution in [0.4, 0.5) is 0 Å². The van der Waals surface area contributed by atoms with Gasteiger partial charge in [0.15, 0.2) is 0 Å². The summed E-state index contributed by atoms with van der Waals surface area (Å²) in [6.07, 6.45) is 5.67. The van der Waals surface area contributed by atoms with Crippen LogP contribution in [-0.2, 0) is 29.2 Å². The summed E-state index contributed by atoms with van der Waals surface area (Å²) in [6, 6.07) is 0. The predicted molar refractivity (Wildman–Crippen MR) is 144 cm³/mol. The van der Waals surface area contributed by atoms with Gasteiger partial charge in [0.1, 0.15) is 12.2 Å². The second-order valence-electron chi connectivity index (χ2n) is 12.9. The van der Waals surface area contributed by atoms with Crippen LogP contribution in [0.2, 0.25) is 0 Å². The highest BCUT2D eigenvalue weighted by Gasteiger charge is 2.60. The van der Waals surface area contributed by atoms with Gasteiger partial charge in [-0.1, -0.05) is 32.1 Å². The summed E-state index contributed by atoms with van der Waals surface area (Å²) in [5, 5.41) is 21.4. The molecule has 39 heavy (non-hydrogen) atoms. The van der Waals surface area contributed by atoms with E-state index in [2.05, 4.69) is 20.4 Å². The van der Waals surface area contributed by atoms with Gasteiger partial charge in [-0.3, -0.25) is 9.11 Å². The summed E-state index contributed by atoms with van der Waals surface area (Å²) >= 11 is 0. The van der Waals surface area contributed by atoms with E-state index in [1.165, 1.54) is 0 Å². The molecule has 0 saturated heterocycles. The van der Waals surface area contributed by atoms with Crippen LogP contribution < -0.4 is 0 Å². The molecule has 4 N–H and O–H groups in total. The summed E-state index contributed by atoms with van der Waals surface area (Å²) in [5.41, 5.74) is 1.07. The summed E-state index contributed by atoms with van der Waals surface area (Å²) in [5.74, 6) is 1.03. The molecule has 4 rings (SSSR count). The van der Waals surface area contributed by atoms with E-state index in [1.807, 2.05) is 6.08 Å². The largest absolute Gasteiger partial charge is 0.397 e. The Bertz CT molecular complexity index is 1180. The fourth-order valence-corrected chi connectivity index (χ4v) is 9.83. The SMILES string of the molecule is C=C(C)C(O)CCC(COS(=O)(=O)O)C1CCC2C3CC=C4C(O)C(OS(=O)(=O)O)CCC4(C)C3CCC12C. The van der Waals surface area contributed by atoms with Crippen molar-refractivity contribution in [1.82, 2.24) is 0 Å². The van der Waals surface area contributed by atoms with Crippen LogP contribution >= 0.6 is 0 Å². The molecule has 3 fully saturated rings. The van der Waals surface area contributed by atoms with Crippen molar-refractivity contribution in [3.63, 3.8) is 0 Å². The highest BCUT2D eigenvalue weighted by atomic mass is 32.3. The first kappa shape index (κ1) is 31.1. The second-order valence-corrected chi connectivity index (χ2v) is 15.0. The third kappa shape index (κ3) is 6.33. The van der Waals surface area contributed by atoms with E-state index in [1.54, 1.807) is 6.92 Å². The average Bonchev–Trinajstić information content (AvgIpc) is 3.16. The van der Waals surface area contributed by atoms with Crippen LogP contribution in [-0.4, -0.2) is 61.1 Å². The minimum Gasteiger partial charge on any atom is -0.389 e. The molecular weight excluding hydrogens is 548 g/mol. The molecule has 0 aliphatic heterocycles. The summed E-state index contributed by atoms with van der Waals surface area (Å²) < 4.78 is 73.6. The minimum atomic E-state index is -4.67. The molecule has 0 spiro atoms. The topological polar surface area (TPSA) is 168 Å². The van der Waals surface area contributed by atoms with E-state index in [0.717, 1.165) is 37.7 Å². The smallest absolute Gasteiger partial charge is 0.389 e. The van der Waals surface area contributed by atoms with Gasteiger partial charge in [-0.25, -0.2) is 8.37 Å². The van der Waals surface area contributed by atoms with Crippen LogP contribution in [0.3, 0.4) is 0 Å². The maximum absolute atomic E-state index is 11.4. The second kappa shape index (κ2) is 11.1. The summed E-state index contributed by atoms with van der Waals surface area (Å²) in [4.78, 5) is 0. The van der Waals surface area contributed by atoms with Crippen LogP contribution in [0.15, 0.2) is 23.8 Å². The Morgan fingerprint density at radius 3 is 2.36 bits per heavy atom. The third-order valence-corrected chi connectivity index (χ3v) is 11.8. The van der Waals surface area contributed by atoms with Gasteiger partial charge in [0.2, 0.25) is 0 Å². The molecule has 224 valence electrons. The zero-order chi connectivity index (χ0) is 29.0. The number of rotatable bonds is 10. The Hall–Kier alpha value is -0.860. The molecule has 0 aromatic rings. The first-order valence-electron chi connectivity index (χ1n) is 14.0. The van der Waals surface area contributed by atoms with Gasteiger partial charge in [0.05, 0.1) is 12.7 Å². The standard InChI is InChI=1S/C27H44O10S2/c1-16(2)23(28)10-5-17(15-36-38(30,31)32)19-8-9-20-18-6-7-22-25(29)24(37-39(33,34)35)12-14-27(22,4)21(18)11-13-26(19,20)3/h7,17-21,23-25,28-29H,1,5-6,8-15H2,2-4H3,(H,30,31,32)(H,33,34,35). The van der Waals surface area contributed by atoms with Crippen molar-refractivity contribution in [3.05, 3.63) is 23.8 Å². The average molecular weight is 593 g/mol. The first-order valence-corrected chi connectivity index (χ1v) is 16.7. The molecule has 3 saturated carbocycles. The van der Waals surface area contributed by atoms with Crippen molar-refractivity contribution in [1.29, 1.82) is 0 Å². The lowest BCUT2D eigenvalue weighted by Crippen LogP contribution is -2.54. The van der Waals surface area contributed by atoms with E-state index in [4.69, 9.17) is 12.9 Å². The first-order chi connectivity index (χ1) is 18.0. The van der Waals surface area contributed by atoms with Gasteiger partial charge in [-0.2, -0.15) is 16.8 Å². The molecule has 0 aromatic carbocycles. The van der Waals surface area contributed by atoms with E-state index in [-0.39, 0.29) is 29.3 Å². The summed E-state index contributed by atoms with van der Waals surface area (Å²) in [6.45, 7) is 9.88. The Labute approximate surface area is 232 Å². The molecule has 0 bridgehead atoms. The molecule has 4 aliphatic carbocycles. The normalized spacial score (nSPS) is 40.1. The predicted octanol–water partition coefficient (Wildman–Crippen LogP) is 3.88. The van der Waals surface area contributed by atoms with Crippen LogP contribution in [0.5, 0.6) is 0 Å². The number of aliphatic hydroxyl groups excluding tert-OH is 2. The van der Waals surface area contributed by atoms with Crippen molar-refractivity contribution in [3.8, 4) is 0 Å². The number of hydrogen-bond acceptors (Lipinski definition) is 8. The fourth-order valence-electron chi connectivity index (χ4n) is 8.97. The number of fused-ring (bicyclic) bond motifs is 5. The molecule has 0 amide bonds. The lowest BCUT2D eigenvalue weighted by Gasteiger charge is -2.59. The van der Waals surface area contributed by atoms with E-state index in [9.17, 15) is 31.6 Å². The molecule has 0 heterocycles. The molecule has 10 nitrogen and oxygen atoms in total. The highest BCUT2D eigenvalue weighted by molar-refractivity contribution is 7.81. The molecule has 0 aromatic heterocycles. The van der Waals surface area contributed by atoms with Crippen LogP contribution in [0, 0.1) is 40.4 Å². The maximum atomic E-state index is 11.4. The van der Waals surface area contributed by atoms with Gasteiger partial charge in [-0.15, -0.1) is 0 Å².